The molecule has 2 bridgehead atoms. The summed E-state index contributed by atoms with van der Waals surface area (Å²) in [6, 6.07) is 7.66. The number of hydrogen-bond acceptors (Lipinski definition) is 3. The van der Waals surface area contributed by atoms with Crippen LogP contribution in [-0.2, 0) is 9.59 Å². The van der Waals surface area contributed by atoms with Crippen LogP contribution in [0.25, 0.3) is 10.9 Å². The van der Waals surface area contributed by atoms with Gasteiger partial charge in [-0.05, 0) is 42.9 Å². The lowest BCUT2D eigenvalue weighted by Gasteiger charge is -2.19. The van der Waals surface area contributed by atoms with Crippen molar-refractivity contribution >= 4 is 28.4 Å². The van der Waals surface area contributed by atoms with Crippen molar-refractivity contribution in [2.24, 2.45) is 23.7 Å². The minimum absolute atomic E-state index is 0.0485. The number of aromatic nitrogens is 1. The maximum absolute atomic E-state index is 13.0. The Hall–Kier alpha value is -2.49. The van der Waals surface area contributed by atoms with Crippen molar-refractivity contribution in [3.63, 3.8) is 0 Å². The summed E-state index contributed by atoms with van der Waals surface area (Å²) in [7, 11) is 0. The molecule has 3 aliphatic rings. The molecule has 2 aromatic rings. The van der Waals surface area contributed by atoms with Gasteiger partial charge in [0.2, 0.25) is 11.8 Å². The van der Waals surface area contributed by atoms with Crippen LogP contribution in [0.4, 0.5) is 5.69 Å². The number of pyridine rings is 1. The third-order valence-electron chi connectivity index (χ3n) is 5.68. The molecule has 5 rings (SSSR count). The van der Waals surface area contributed by atoms with Gasteiger partial charge in [0.15, 0.2) is 0 Å². The topological polar surface area (TPSA) is 50.3 Å². The normalized spacial score (nSPS) is 31.4. The van der Waals surface area contributed by atoms with E-state index in [0.717, 1.165) is 22.9 Å². The highest BCUT2D eigenvalue weighted by molar-refractivity contribution is 6.25. The minimum Gasteiger partial charge on any atom is -0.274 e. The van der Waals surface area contributed by atoms with Gasteiger partial charge in [-0.15, -0.1) is 0 Å². The van der Waals surface area contributed by atoms with Crippen LogP contribution in [0.1, 0.15) is 12.0 Å². The molecule has 0 radical (unpaired) electrons. The SMILES string of the molecule is Cc1ccnc2c(N3C(=O)[C@@H]4[C@@H](C3=O)[C@H]3C=C[C@@H]4C3)cccc12. The molecular formula is C19H16N2O2. The van der Waals surface area contributed by atoms with Gasteiger partial charge in [0.1, 0.15) is 0 Å². The van der Waals surface area contributed by atoms with Gasteiger partial charge in [-0.1, -0.05) is 24.3 Å². The van der Waals surface area contributed by atoms with Gasteiger partial charge in [0, 0.05) is 11.6 Å². The van der Waals surface area contributed by atoms with Crippen molar-refractivity contribution < 1.29 is 9.59 Å². The Balaban J connectivity index is 1.68. The second-order valence-corrected chi connectivity index (χ2v) is 6.81. The molecule has 2 aliphatic carbocycles. The largest absolute Gasteiger partial charge is 0.274 e. The van der Waals surface area contributed by atoms with E-state index in [1.807, 2.05) is 31.2 Å². The highest BCUT2D eigenvalue weighted by atomic mass is 16.2. The molecule has 23 heavy (non-hydrogen) atoms. The smallest absolute Gasteiger partial charge is 0.238 e. The average Bonchev–Trinajstić information content (AvgIpc) is 3.22. The molecule has 4 atom stereocenters. The zero-order chi connectivity index (χ0) is 15.7. The fourth-order valence-electron chi connectivity index (χ4n) is 4.62. The molecule has 2 fully saturated rings. The number of benzene rings is 1. The third kappa shape index (κ3) is 1.53. The number of hydrogen-bond donors (Lipinski definition) is 0. The Morgan fingerprint density at radius 1 is 1.04 bits per heavy atom. The summed E-state index contributed by atoms with van der Waals surface area (Å²) in [5, 5.41) is 0.990. The number of imide groups is 1. The lowest BCUT2D eigenvalue weighted by Crippen LogP contribution is -2.33. The zero-order valence-corrected chi connectivity index (χ0v) is 12.8. The van der Waals surface area contributed by atoms with Gasteiger partial charge in [0.25, 0.3) is 0 Å². The molecule has 0 spiro atoms. The van der Waals surface area contributed by atoms with Crippen molar-refractivity contribution in [1.29, 1.82) is 0 Å². The summed E-state index contributed by atoms with van der Waals surface area (Å²) < 4.78 is 0. The maximum atomic E-state index is 13.0. The van der Waals surface area contributed by atoms with Crippen molar-refractivity contribution in [3.05, 3.63) is 48.2 Å². The minimum atomic E-state index is -0.169. The summed E-state index contributed by atoms with van der Waals surface area (Å²) >= 11 is 0. The van der Waals surface area contributed by atoms with E-state index in [2.05, 4.69) is 17.1 Å². The number of rotatable bonds is 1. The third-order valence-corrected chi connectivity index (χ3v) is 5.68. The lowest BCUT2D eigenvalue weighted by atomic mass is 9.85. The first-order valence-electron chi connectivity index (χ1n) is 8.07. The predicted molar refractivity (Wildman–Crippen MR) is 86.7 cm³/mol. The summed E-state index contributed by atoms with van der Waals surface area (Å²) in [4.78, 5) is 31.8. The number of nitrogens with zero attached hydrogens (tertiary/aromatic N) is 2. The van der Waals surface area contributed by atoms with Gasteiger partial charge in [-0.3, -0.25) is 14.6 Å². The number of amides is 2. The van der Waals surface area contributed by atoms with E-state index < -0.39 is 0 Å². The van der Waals surface area contributed by atoms with Crippen LogP contribution in [0.3, 0.4) is 0 Å². The Bertz CT molecular complexity index is 871. The molecule has 114 valence electrons. The van der Waals surface area contributed by atoms with E-state index in [1.165, 1.54) is 4.90 Å². The second kappa shape index (κ2) is 4.28. The average molecular weight is 304 g/mol. The Morgan fingerprint density at radius 3 is 2.43 bits per heavy atom. The van der Waals surface area contributed by atoms with Gasteiger partial charge < -0.3 is 0 Å². The first-order valence-corrected chi connectivity index (χ1v) is 8.07. The van der Waals surface area contributed by atoms with E-state index in [1.54, 1.807) is 6.20 Å². The number of allylic oxidation sites excluding steroid dienone is 2. The number of fused-ring (bicyclic) bond motifs is 6. The molecule has 4 nitrogen and oxygen atoms in total. The van der Waals surface area contributed by atoms with Crippen molar-refractivity contribution in [1.82, 2.24) is 4.98 Å². The standard InChI is InChI=1S/C19H16N2O2/c1-10-7-8-20-17-13(10)3-2-4-14(17)21-18(22)15-11-5-6-12(9-11)16(15)19(21)23/h2-8,11-12,15-16H,9H2,1H3/t11-,12+,15-,16-/m0/s1. The molecular weight excluding hydrogens is 288 g/mol. The van der Waals surface area contributed by atoms with E-state index in [0.29, 0.717) is 5.69 Å². The van der Waals surface area contributed by atoms with Crippen LogP contribution in [0, 0.1) is 30.6 Å². The fraction of sp³-hybridized carbons (Fsp3) is 0.316. The molecule has 0 N–H and O–H groups in total. The Kier molecular flexibility index (Phi) is 2.42. The van der Waals surface area contributed by atoms with Crippen LogP contribution in [-0.4, -0.2) is 16.8 Å². The van der Waals surface area contributed by atoms with Crippen molar-refractivity contribution in [2.45, 2.75) is 13.3 Å². The van der Waals surface area contributed by atoms with E-state index in [4.69, 9.17) is 0 Å². The highest BCUT2D eigenvalue weighted by Gasteiger charge is 2.59. The van der Waals surface area contributed by atoms with Crippen LogP contribution >= 0.6 is 0 Å². The molecule has 1 aromatic heterocycles. The summed E-state index contributed by atoms with van der Waals surface area (Å²) in [6.45, 7) is 2.01. The molecule has 1 aromatic carbocycles. The molecule has 2 amide bonds. The number of para-hydroxylation sites is 1. The van der Waals surface area contributed by atoms with Gasteiger partial charge in [-0.2, -0.15) is 0 Å². The van der Waals surface area contributed by atoms with Crippen LogP contribution in [0.2, 0.25) is 0 Å². The monoisotopic (exact) mass is 304 g/mol. The molecule has 2 heterocycles. The number of anilines is 1. The molecule has 1 aliphatic heterocycles. The molecule has 0 unspecified atom stereocenters. The van der Waals surface area contributed by atoms with Crippen molar-refractivity contribution in [2.75, 3.05) is 4.90 Å². The molecule has 1 saturated carbocycles. The second-order valence-electron chi connectivity index (χ2n) is 6.81. The predicted octanol–water partition coefficient (Wildman–Crippen LogP) is 2.85. The summed E-state index contributed by atoms with van der Waals surface area (Å²) in [5.41, 5.74) is 2.46. The van der Waals surface area contributed by atoms with E-state index >= 15 is 0 Å². The van der Waals surface area contributed by atoms with Gasteiger partial charge in [0.05, 0.1) is 23.0 Å². The molecule has 4 heteroatoms. The Labute approximate surface area is 133 Å². The molecule has 1 saturated heterocycles. The lowest BCUT2D eigenvalue weighted by molar-refractivity contribution is -0.123. The van der Waals surface area contributed by atoms with Gasteiger partial charge >= 0.3 is 0 Å². The van der Waals surface area contributed by atoms with E-state index in [9.17, 15) is 9.59 Å². The quantitative estimate of drug-likeness (QED) is 0.601. The van der Waals surface area contributed by atoms with Crippen LogP contribution in [0.5, 0.6) is 0 Å². The van der Waals surface area contributed by atoms with Crippen molar-refractivity contribution in [3.8, 4) is 0 Å². The van der Waals surface area contributed by atoms with Gasteiger partial charge in [-0.25, -0.2) is 4.90 Å². The number of aryl methyl sites for hydroxylation is 1. The maximum Gasteiger partial charge on any atom is 0.238 e. The first kappa shape index (κ1) is 13.0. The highest BCUT2D eigenvalue weighted by Crippen LogP contribution is 2.53. The fourth-order valence-corrected chi connectivity index (χ4v) is 4.62. The zero-order valence-electron chi connectivity index (χ0n) is 12.8. The summed E-state index contributed by atoms with van der Waals surface area (Å²) in [5.74, 6) is 0.0303. The number of carbonyl (C=O) groups is 2. The first-order chi connectivity index (χ1) is 11.2. The summed E-state index contributed by atoms with van der Waals surface area (Å²) in [6.07, 6.45) is 6.92. The van der Waals surface area contributed by atoms with Crippen LogP contribution < -0.4 is 4.90 Å². The van der Waals surface area contributed by atoms with Crippen LogP contribution in [0.15, 0.2) is 42.6 Å². The Morgan fingerprint density at radius 2 is 1.74 bits per heavy atom. The van der Waals surface area contributed by atoms with E-state index in [-0.39, 0.29) is 35.5 Å². The number of carbonyl (C=O) groups excluding carboxylic acids is 2.